The summed E-state index contributed by atoms with van der Waals surface area (Å²) in [7, 11) is 0. The van der Waals surface area contributed by atoms with Gasteiger partial charge in [0.2, 0.25) is 0 Å². The van der Waals surface area contributed by atoms with Crippen molar-refractivity contribution in [3.05, 3.63) is 72.3 Å². The molecule has 0 saturated carbocycles. The Kier molecular flexibility index (Phi) is 6.42. The monoisotopic (exact) mass is 499 g/mol. The Labute approximate surface area is 204 Å². The molecule has 0 radical (unpaired) electrons. The van der Waals surface area contributed by atoms with Crippen molar-refractivity contribution < 1.29 is 22.7 Å². The maximum atomic E-state index is 12.3. The Bertz CT molecular complexity index is 1330. The maximum absolute atomic E-state index is 12.3. The number of pyridine rings is 1. The van der Waals surface area contributed by atoms with Crippen molar-refractivity contribution >= 4 is 23.1 Å². The van der Waals surface area contributed by atoms with E-state index in [0.717, 1.165) is 47.1 Å². The van der Waals surface area contributed by atoms with Crippen molar-refractivity contribution in [2.45, 2.75) is 6.18 Å². The fraction of sp³-hybridized carbons (Fsp3) is 0.250. The van der Waals surface area contributed by atoms with Gasteiger partial charge in [-0.1, -0.05) is 12.1 Å². The Morgan fingerprint density at radius 3 is 2.67 bits per heavy atom. The van der Waals surface area contributed by atoms with Gasteiger partial charge in [-0.05, 0) is 36.4 Å². The summed E-state index contributed by atoms with van der Waals surface area (Å²) in [5.74, 6) is 0.992. The zero-order valence-electron chi connectivity index (χ0n) is 19.1. The minimum atomic E-state index is -4.48. The molecule has 2 amide bonds. The van der Waals surface area contributed by atoms with E-state index in [0.29, 0.717) is 18.9 Å². The molecule has 0 unspecified atom stereocenters. The molecule has 1 fully saturated rings. The van der Waals surface area contributed by atoms with Crippen LogP contribution in [0.3, 0.4) is 0 Å². The molecule has 0 aliphatic carbocycles. The number of urea groups is 1. The van der Waals surface area contributed by atoms with E-state index >= 15 is 0 Å². The molecule has 188 valence electrons. The summed E-state index contributed by atoms with van der Waals surface area (Å²) in [6, 6.07) is 9.80. The second-order valence-electron chi connectivity index (χ2n) is 8.27. The van der Waals surface area contributed by atoms with Crippen LogP contribution < -0.4 is 21.5 Å². The van der Waals surface area contributed by atoms with Gasteiger partial charge in [-0.15, -0.1) is 0 Å². The van der Waals surface area contributed by atoms with Gasteiger partial charge < -0.3 is 20.3 Å². The van der Waals surface area contributed by atoms with Crippen LogP contribution in [0.5, 0.6) is 0 Å². The van der Waals surface area contributed by atoms with E-state index in [1.807, 2.05) is 40.9 Å². The van der Waals surface area contributed by atoms with Crippen LogP contribution >= 0.6 is 0 Å². The van der Waals surface area contributed by atoms with Crippen molar-refractivity contribution in [1.29, 1.82) is 0 Å². The van der Waals surface area contributed by atoms with E-state index in [4.69, 9.17) is 4.74 Å². The number of hydrazine groups is 1. The highest BCUT2D eigenvalue weighted by Crippen LogP contribution is 2.26. The second kappa shape index (κ2) is 9.82. The summed E-state index contributed by atoms with van der Waals surface area (Å²) < 4.78 is 44.3. The maximum Gasteiger partial charge on any atom is 0.405 e. The molecule has 3 aromatic rings. The largest absolute Gasteiger partial charge is 0.405 e. The standard InChI is InChI=1S/C24H24F3N7O2/c25-24(26,27)15-29-23(35)30-18-3-1-2-17(12-18)20-14-28-22-13-16(6-7-34(20)22)19-4-5-21(32-31-19)33-8-10-36-11-9-33/h1-7,12-14,31-32H,8-11,15H2,(H2,29,30,35). The lowest BCUT2D eigenvalue weighted by Crippen LogP contribution is -2.45. The van der Waals surface area contributed by atoms with Crippen LogP contribution in [0.4, 0.5) is 23.7 Å². The summed E-state index contributed by atoms with van der Waals surface area (Å²) in [5.41, 5.74) is 10.9. The van der Waals surface area contributed by atoms with Crippen LogP contribution in [0.15, 0.2) is 66.8 Å². The fourth-order valence-electron chi connectivity index (χ4n) is 4.01. The van der Waals surface area contributed by atoms with Crippen LogP contribution in [-0.4, -0.2) is 59.3 Å². The molecule has 36 heavy (non-hydrogen) atoms. The molecule has 2 aliphatic rings. The number of anilines is 1. The van der Waals surface area contributed by atoms with E-state index in [9.17, 15) is 18.0 Å². The first-order valence-electron chi connectivity index (χ1n) is 11.3. The number of morpholine rings is 1. The lowest BCUT2D eigenvalue weighted by Gasteiger charge is -2.33. The van der Waals surface area contributed by atoms with Crippen molar-refractivity contribution in [3.63, 3.8) is 0 Å². The number of fused-ring (bicyclic) bond motifs is 1. The number of benzene rings is 1. The van der Waals surface area contributed by atoms with Crippen molar-refractivity contribution in [2.75, 3.05) is 38.2 Å². The second-order valence-corrected chi connectivity index (χ2v) is 8.27. The number of alkyl halides is 3. The summed E-state index contributed by atoms with van der Waals surface area (Å²) in [5, 5.41) is 4.22. The molecular weight excluding hydrogens is 475 g/mol. The third-order valence-electron chi connectivity index (χ3n) is 5.77. The summed E-state index contributed by atoms with van der Waals surface area (Å²) in [4.78, 5) is 18.5. The fourth-order valence-corrected chi connectivity index (χ4v) is 4.01. The number of imidazole rings is 1. The third-order valence-corrected chi connectivity index (χ3v) is 5.77. The van der Waals surface area contributed by atoms with E-state index in [1.54, 1.807) is 29.7 Å². The highest BCUT2D eigenvalue weighted by molar-refractivity contribution is 5.90. The molecule has 0 spiro atoms. The first kappa shape index (κ1) is 23.5. The van der Waals surface area contributed by atoms with Crippen molar-refractivity contribution in [3.8, 4) is 11.3 Å². The molecule has 1 saturated heterocycles. The summed E-state index contributed by atoms with van der Waals surface area (Å²) in [6.07, 6.45) is 3.17. The van der Waals surface area contributed by atoms with E-state index in [2.05, 4.69) is 26.1 Å². The van der Waals surface area contributed by atoms with Gasteiger partial charge in [0.1, 0.15) is 18.0 Å². The average molecular weight is 499 g/mol. The normalized spacial score (nSPS) is 16.0. The Morgan fingerprint density at radius 1 is 1.08 bits per heavy atom. The van der Waals surface area contributed by atoms with Gasteiger partial charge in [-0.3, -0.25) is 15.3 Å². The lowest BCUT2D eigenvalue weighted by molar-refractivity contribution is -0.122. The first-order valence-corrected chi connectivity index (χ1v) is 11.3. The van der Waals surface area contributed by atoms with Crippen LogP contribution in [0.25, 0.3) is 22.6 Å². The predicted octanol–water partition coefficient (Wildman–Crippen LogP) is 3.31. The smallest absolute Gasteiger partial charge is 0.378 e. The van der Waals surface area contributed by atoms with E-state index in [1.165, 1.54) is 0 Å². The molecule has 4 heterocycles. The SMILES string of the molecule is O=C(NCC(F)(F)F)Nc1cccc(-c2cnc3cc(C4=CC=C(N5CCOCC5)NN4)ccn23)c1. The number of rotatable bonds is 5. The summed E-state index contributed by atoms with van der Waals surface area (Å²) in [6.45, 7) is 1.68. The van der Waals surface area contributed by atoms with Crippen LogP contribution in [0.1, 0.15) is 5.56 Å². The molecule has 5 rings (SSSR count). The first-order chi connectivity index (χ1) is 17.4. The molecule has 0 bridgehead atoms. The zero-order chi connectivity index (χ0) is 25.1. The Morgan fingerprint density at radius 2 is 1.92 bits per heavy atom. The molecule has 4 N–H and O–H groups in total. The Balaban J connectivity index is 1.32. The number of allylic oxidation sites excluding steroid dienone is 2. The number of amides is 2. The molecule has 0 atom stereocenters. The van der Waals surface area contributed by atoms with Crippen molar-refractivity contribution in [2.24, 2.45) is 0 Å². The van der Waals surface area contributed by atoms with Gasteiger partial charge in [-0.2, -0.15) is 13.2 Å². The Hall–Kier alpha value is -4.19. The molecular formula is C24H24F3N7O2. The quantitative estimate of drug-likeness (QED) is 0.431. The predicted molar refractivity (Wildman–Crippen MR) is 128 cm³/mol. The third kappa shape index (κ3) is 5.38. The molecule has 2 aromatic heterocycles. The number of carbonyl (C=O) groups is 1. The van der Waals surface area contributed by atoms with Gasteiger partial charge in [0, 0.05) is 36.1 Å². The van der Waals surface area contributed by atoms with Crippen LogP contribution in [0, 0.1) is 0 Å². The lowest BCUT2D eigenvalue weighted by atomic mass is 10.1. The van der Waals surface area contributed by atoms with Gasteiger partial charge >= 0.3 is 12.2 Å². The molecule has 9 nitrogen and oxygen atoms in total. The highest BCUT2D eigenvalue weighted by Gasteiger charge is 2.27. The number of hydrogen-bond acceptors (Lipinski definition) is 6. The van der Waals surface area contributed by atoms with Gasteiger partial charge in [0.15, 0.2) is 0 Å². The minimum absolute atomic E-state index is 0.365. The van der Waals surface area contributed by atoms with Gasteiger partial charge in [-0.25, -0.2) is 9.78 Å². The molecule has 2 aliphatic heterocycles. The molecule has 12 heteroatoms. The average Bonchev–Trinajstić information content (AvgIpc) is 3.31. The van der Waals surface area contributed by atoms with E-state index < -0.39 is 18.8 Å². The van der Waals surface area contributed by atoms with Crippen LogP contribution in [-0.2, 0) is 4.74 Å². The van der Waals surface area contributed by atoms with Crippen molar-refractivity contribution in [1.82, 2.24) is 30.5 Å². The number of nitrogens with one attached hydrogen (secondary N) is 4. The summed E-state index contributed by atoms with van der Waals surface area (Å²) >= 11 is 0. The number of hydrogen-bond donors (Lipinski definition) is 4. The zero-order valence-corrected chi connectivity index (χ0v) is 19.1. The van der Waals surface area contributed by atoms with Gasteiger partial charge in [0.05, 0.1) is 30.8 Å². The number of nitrogens with zero attached hydrogens (tertiary/aromatic N) is 3. The van der Waals surface area contributed by atoms with Crippen LogP contribution in [0.2, 0.25) is 0 Å². The highest BCUT2D eigenvalue weighted by atomic mass is 19.4. The van der Waals surface area contributed by atoms with E-state index in [-0.39, 0.29) is 0 Å². The minimum Gasteiger partial charge on any atom is -0.378 e. The number of carbonyl (C=O) groups excluding carboxylic acids is 1. The molecule has 1 aromatic carbocycles. The topological polar surface area (TPSA) is 95.0 Å². The number of ether oxygens (including phenoxy) is 1. The number of aromatic nitrogens is 2. The van der Waals surface area contributed by atoms with Gasteiger partial charge in [0.25, 0.3) is 0 Å². The number of halogens is 3.